The summed E-state index contributed by atoms with van der Waals surface area (Å²) in [6, 6.07) is 5.15. The van der Waals surface area contributed by atoms with Crippen molar-refractivity contribution >= 4 is 40.3 Å². The number of aryl methyl sites for hydroxylation is 1. The quantitative estimate of drug-likeness (QED) is 0.608. The summed E-state index contributed by atoms with van der Waals surface area (Å²) in [5, 5.41) is 3.22. The summed E-state index contributed by atoms with van der Waals surface area (Å²) >= 11 is 6.08. The van der Waals surface area contributed by atoms with E-state index in [0.29, 0.717) is 16.5 Å². The van der Waals surface area contributed by atoms with Crippen molar-refractivity contribution in [3.05, 3.63) is 55.4 Å². The highest BCUT2D eigenvalue weighted by Gasteiger charge is 2.44. The van der Waals surface area contributed by atoms with Crippen LogP contribution in [0.1, 0.15) is 25.2 Å². The van der Waals surface area contributed by atoms with Gasteiger partial charge in [-0.25, -0.2) is 9.78 Å². The van der Waals surface area contributed by atoms with E-state index < -0.39 is 22.6 Å². The SMILES string of the molecule is Cn1c(=O)c2[nH]c(CNC(=O)CN3C(=O)C(C)(C)c4cc(Cl)ccc43)nc2n(C)c1=O. The maximum atomic E-state index is 12.9. The lowest BCUT2D eigenvalue weighted by molar-refractivity contribution is -0.125. The van der Waals surface area contributed by atoms with Crippen LogP contribution < -0.4 is 21.5 Å². The van der Waals surface area contributed by atoms with E-state index in [0.717, 1.165) is 10.1 Å². The molecule has 3 heterocycles. The number of benzene rings is 1. The summed E-state index contributed by atoms with van der Waals surface area (Å²) in [4.78, 5) is 58.3. The van der Waals surface area contributed by atoms with Crippen molar-refractivity contribution in [2.45, 2.75) is 25.8 Å². The molecule has 0 saturated heterocycles. The zero-order valence-corrected chi connectivity index (χ0v) is 18.2. The molecule has 10 nitrogen and oxygen atoms in total. The number of carbonyl (C=O) groups excluding carboxylic acids is 2. The third-order valence-electron chi connectivity index (χ3n) is 5.60. The molecule has 0 atom stereocenters. The number of nitrogens with one attached hydrogen (secondary N) is 2. The van der Waals surface area contributed by atoms with Crippen LogP contribution in [0.15, 0.2) is 27.8 Å². The van der Waals surface area contributed by atoms with Gasteiger partial charge in [0.05, 0.1) is 12.0 Å². The highest BCUT2D eigenvalue weighted by molar-refractivity contribution is 6.31. The standard InChI is InChI=1S/C20H21ClN6O4/c1-20(2)11-7-10(21)5-6-12(11)27(18(20)30)9-14(28)22-8-13-23-15-16(24-13)25(3)19(31)26(4)17(15)29/h5-7H,8-9H2,1-4H3,(H,22,28)(H,23,24). The molecule has 0 bridgehead atoms. The topological polar surface area (TPSA) is 122 Å². The van der Waals surface area contributed by atoms with Gasteiger partial charge in [0.25, 0.3) is 5.56 Å². The van der Waals surface area contributed by atoms with Gasteiger partial charge in [-0.05, 0) is 37.6 Å². The van der Waals surface area contributed by atoms with Crippen LogP contribution in [0.4, 0.5) is 5.69 Å². The molecule has 1 aliphatic heterocycles. The largest absolute Gasteiger partial charge is 0.347 e. The number of halogens is 1. The van der Waals surface area contributed by atoms with Crippen LogP contribution in [0.2, 0.25) is 5.02 Å². The number of rotatable bonds is 4. The zero-order chi connectivity index (χ0) is 22.7. The average molecular weight is 445 g/mol. The molecule has 4 rings (SSSR count). The van der Waals surface area contributed by atoms with Crippen molar-refractivity contribution in [2.24, 2.45) is 14.1 Å². The fourth-order valence-electron chi connectivity index (χ4n) is 3.80. The molecular formula is C20H21ClN6O4. The van der Waals surface area contributed by atoms with Gasteiger partial charge in [-0.15, -0.1) is 0 Å². The summed E-state index contributed by atoms with van der Waals surface area (Å²) in [5.74, 6) is -0.266. The van der Waals surface area contributed by atoms with Crippen LogP contribution in [0.3, 0.4) is 0 Å². The van der Waals surface area contributed by atoms with E-state index in [4.69, 9.17) is 11.6 Å². The number of hydrogen-bond acceptors (Lipinski definition) is 5. The van der Waals surface area contributed by atoms with Crippen LogP contribution in [0.25, 0.3) is 11.2 Å². The lowest BCUT2D eigenvalue weighted by Gasteiger charge is -2.19. The summed E-state index contributed by atoms with van der Waals surface area (Å²) in [6.45, 7) is 3.42. The third-order valence-corrected chi connectivity index (χ3v) is 5.84. The minimum Gasteiger partial charge on any atom is -0.347 e. The maximum absolute atomic E-state index is 12.9. The molecule has 1 aromatic carbocycles. The second-order valence-electron chi connectivity index (χ2n) is 8.04. The van der Waals surface area contributed by atoms with E-state index in [9.17, 15) is 19.2 Å². The maximum Gasteiger partial charge on any atom is 0.332 e. The molecule has 2 aromatic heterocycles. The number of imidazole rings is 1. The van der Waals surface area contributed by atoms with Gasteiger partial charge in [-0.2, -0.15) is 0 Å². The van der Waals surface area contributed by atoms with E-state index in [2.05, 4.69) is 15.3 Å². The third kappa shape index (κ3) is 3.23. The molecule has 162 valence electrons. The Balaban J connectivity index is 1.53. The first-order valence-corrected chi connectivity index (χ1v) is 9.93. The monoisotopic (exact) mass is 444 g/mol. The second-order valence-corrected chi connectivity index (χ2v) is 8.48. The number of anilines is 1. The van der Waals surface area contributed by atoms with Gasteiger partial charge in [-0.3, -0.25) is 23.5 Å². The Labute approximate surface area is 181 Å². The number of amides is 2. The molecular weight excluding hydrogens is 424 g/mol. The number of nitrogens with zero attached hydrogens (tertiary/aromatic N) is 4. The lowest BCUT2D eigenvalue weighted by atomic mass is 9.86. The molecule has 2 amide bonds. The Morgan fingerprint density at radius 3 is 2.61 bits per heavy atom. The van der Waals surface area contributed by atoms with Crippen LogP contribution in [0, 0.1) is 0 Å². The van der Waals surface area contributed by atoms with Gasteiger partial charge in [0.15, 0.2) is 5.65 Å². The molecule has 0 fully saturated rings. The van der Waals surface area contributed by atoms with Crippen molar-refractivity contribution in [3.8, 4) is 0 Å². The molecule has 0 spiro atoms. The Morgan fingerprint density at radius 2 is 1.90 bits per heavy atom. The van der Waals surface area contributed by atoms with Crippen LogP contribution in [0.5, 0.6) is 0 Å². The van der Waals surface area contributed by atoms with Crippen molar-refractivity contribution in [1.82, 2.24) is 24.4 Å². The summed E-state index contributed by atoms with van der Waals surface area (Å²) in [7, 11) is 2.89. The Bertz CT molecular complexity index is 1370. The number of hydrogen-bond donors (Lipinski definition) is 2. The molecule has 2 N–H and O–H groups in total. The first-order valence-electron chi connectivity index (χ1n) is 9.55. The van der Waals surface area contributed by atoms with E-state index in [-0.39, 0.29) is 30.2 Å². The van der Waals surface area contributed by atoms with Crippen LogP contribution in [-0.4, -0.2) is 37.5 Å². The summed E-state index contributed by atoms with van der Waals surface area (Å²) in [5.41, 5.74) is 0.0283. The van der Waals surface area contributed by atoms with Gasteiger partial charge in [-0.1, -0.05) is 11.6 Å². The summed E-state index contributed by atoms with van der Waals surface area (Å²) in [6.07, 6.45) is 0. The van der Waals surface area contributed by atoms with Gasteiger partial charge in [0, 0.05) is 24.8 Å². The predicted octanol–water partition coefficient (Wildman–Crippen LogP) is 0.554. The molecule has 11 heteroatoms. The smallest absolute Gasteiger partial charge is 0.332 e. The van der Waals surface area contributed by atoms with E-state index in [1.165, 1.54) is 23.6 Å². The highest BCUT2D eigenvalue weighted by atomic mass is 35.5. The van der Waals surface area contributed by atoms with Crippen molar-refractivity contribution in [2.75, 3.05) is 11.4 Å². The van der Waals surface area contributed by atoms with E-state index in [1.807, 2.05) is 0 Å². The molecule has 0 unspecified atom stereocenters. The normalized spacial score (nSPS) is 14.9. The first kappa shape index (κ1) is 20.9. The lowest BCUT2D eigenvalue weighted by Crippen LogP contribution is -2.42. The van der Waals surface area contributed by atoms with Gasteiger partial charge >= 0.3 is 5.69 Å². The minimum absolute atomic E-state index is 0.00373. The fourth-order valence-corrected chi connectivity index (χ4v) is 3.97. The predicted molar refractivity (Wildman–Crippen MR) is 115 cm³/mol. The van der Waals surface area contributed by atoms with Crippen molar-refractivity contribution in [3.63, 3.8) is 0 Å². The molecule has 0 radical (unpaired) electrons. The fraction of sp³-hybridized carbons (Fsp3) is 0.350. The van der Waals surface area contributed by atoms with Gasteiger partial charge in [0.2, 0.25) is 11.8 Å². The molecule has 1 aliphatic rings. The van der Waals surface area contributed by atoms with E-state index in [1.54, 1.807) is 32.0 Å². The number of fused-ring (bicyclic) bond motifs is 2. The first-order chi connectivity index (χ1) is 14.5. The molecule has 31 heavy (non-hydrogen) atoms. The number of aromatic nitrogens is 4. The summed E-state index contributed by atoms with van der Waals surface area (Å²) < 4.78 is 2.24. The van der Waals surface area contributed by atoms with Gasteiger partial charge in [0.1, 0.15) is 17.9 Å². The Kier molecular flexibility index (Phi) is 4.77. The average Bonchev–Trinajstić information content (AvgIpc) is 3.23. The Morgan fingerprint density at radius 1 is 1.19 bits per heavy atom. The number of carbonyl (C=O) groups is 2. The number of H-pyrrole nitrogens is 1. The Hall–Kier alpha value is -3.40. The van der Waals surface area contributed by atoms with E-state index >= 15 is 0 Å². The van der Waals surface area contributed by atoms with Crippen molar-refractivity contribution in [1.29, 1.82) is 0 Å². The molecule has 0 saturated carbocycles. The zero-order valence-electron chi connectivity index (χ0n) is 17.4. The molecule has 3 aromatic rings. The van der Waals surface area contributed by atoms with Crippen molar-refractivity contribution < 1.29 is 9.59 Å². The second kappa shape index (κ2) is 7.09. The number of aromatic amines is 1. The van der Waals surface area contributed by atoms with Crippen LogP contribution in [-0.2, 0) is 35.6 Å². The van der Waals surface area contributed by atoms with Crippen LogP contribution >= 0.6 is 11.6 Å². The van der Waals surface area contributed by atoms with Gasteiger partial charge < -0.3 is 15.2 Å². The minimum atomic E-state index is -0.788. The molecule has 0 aliphatic carbocycles. The highest BCUT2D eigenvalue weighted by Crippen LogP contribution is 2.42.